The van der Waals surface area contributed by atoms with Gasteiger partial charge >= 0.3 is 0 Å². The average Bonchev–Trinajstić information content (AvgIpc) is 1.89. The predicted molar refractivity (Wildman–Crippen MR) is 41.0 cm³/mol. The van der Waals surface area contributed by atoms with Gasteiger partial charge in [0.2, 0.25) is 0 Å². The predicted octanol–water partition coefficient (Wildman–Crippen LogP) is 0.947. The summed E-state index contributed by atoms with van der Waals surface area (Å²) >= 11 is 0. The molecule has 0 amide bonds. The van der Waals surface area contributed by atoms with Crippen LogP contribution in [0.25, 0.3) is 0 Å². The Morgan fingerprint density at radius 1 is 1.80 bits per heavy atom. The minimum absolute atomic E-state index is 0.118. The summed E-state index contributed by atoms with van der Waals surface area (Å²) in [6.07, 6.45) is 2.19. The van der Waals surface area contributed by atoms with Gasteiger partial charge in [-0.15, -0.1) is 0 Å². The molecule has 0 aliphatic heterocycles. The normalized spacial score (nSPS) is 11.2. The zero-order valence-electron chi connectivity index (χ0n) is 6.21. The molecule has 0 aromatic carbocycles. The molecule has 3 heteroatoms. The summed E-state index contributed by atoms with van der Waals surface area (Å²) in [7, 11) is 0. The fourth-order valence-corrected chi connectivity index (χ4v) is 0.408. The lowest BCUT2D eigenvalue weighted by Gasteiger charge is -1.95. The zero-order chi connectivity index (χ0) is 7.82. The van der Waals surface area contributed by atoms with E-state index in [0.717, 1.165) is 5.71 Å². The van der Waals surface area contributed by atoms with Gasteiger partial charge in [-0.3, -0.25) is 0 Å². The molecular weight excluding hydrogens is 130 g/mol. The van der Waals surface area contributed by atoms with E-state index >= 15 is 0 Å². The first-order chi connectivity index (χ1) is 4.81. The Kier molecular flexibility index (Phi) is 5.77. The molecule has 0 spiro atoms. The fourth-order valence-electron chi connectivity index (χ4n) is 0.408. The largest absolute Gasteiger partial charge is 0.396 e. The van der Waals surface area contributed by atoms with Crippen molar-refractivity contribution in [2.45, 2.75) is 13.3 Å². The van der Waals surface area contributed by atoms with E-state index in [1.807, 2.05) is 0 Å². The van der Waals surface area contributed by atoms with Crippen molar-refractivity contribution in [1.29, 1.82) is 0 Å². The maximum atomic E-state index is 8.44. The smallest absolute Gasteiger partial charge is 0.135 e. The van der Waals surface area contributed by atoms with E-state index in [-0.39, 0.29) is 6.61 Å². The minimum atomic E-state index is 0.118. The third-order valence-corrected chi connectivity index (χ3v) is 0.886. The average molecular weight is 143 g/mol. The van der Waals surface area contributed by atoms with Gasteiger partial charge in [0.15, 0.2) is 0 Å². The van der Waals surface area contributed by atoms with E-state index in [1.165, 1.54) is 0 Å². The molecule has 0 aliphatic carbocycles. The van der Waals surface area contributed by atoms with E-state index in [4.69, 9.17) is 9.94 Å². The molecule has 0 bridgehead atoms. The molecule has 1 N–H and O–H groups in total. The Bertz CT molecular complexity index is 121. The van der Waals surface area contributed by atoms with Crippen LogP contribution in [0, 0.1) is 0 Å². The molecule has 3 nitrogen and oxygen atoms in total. The van der Waals surface area contributed by atoms with Crippen LogP contribution in [0.3, 0.4) is 0 Å². The van der Waals surface area contributed by atoms with Crippen molar-refractivity contribution in [2.75, 3.05) is 13.2 Å². The third kappa shape index (κ3) is 5.31. The molecule has 0 heterocycles. The van der Waals surface area contributed by atoms with Crippen LogP contribution < -0.4 is 0 Å². The number of nitrogens with zero attached hydrogens (tertiary/aromatic N) is 1. The molecule has 0 rings (SSSR count). The summed E-state index contributed by atoms with van der Waals surface area (Å²) < 4.78 is 0. The van der Waals surface area contributed by atoms with Gasteiger partial charge in [0.25, 0.3) is 0 Å². The molecule has 0 radical (unpaired) electrons. The second kappa shape index (κ2) is 6.29. The number of hydrogen-bond donors (Lipinski definition) is 1. The van der Waals surface area contributed by atoms with E-state index in [9.17, 15) is 0 Å². The number of aliphatic hydroxyl groups is 1. The molecule has 0 aromatic rings. The molecule has 0 saturated carbocycles. The second-order valence-corrected chi connectivity index (χ2v) is 1.88. The highest BCUT2D eigenvalue weighted by Crippen LogP contribution is 1.86. The highest BCUT2D eigenvalue weighted by Gasteiger charge is 1.87. The van der Waals surface area contributed by atoms with E-state index in [0.29, 0.717) is 13.0 Å². The Balaban J connectivity index is 3.36. The Morgan fingerprint density at radius 2 is 2.50 bits per heavy atom. The van der Waals surface area contributed by atoms with Gasteiger partial charge < -0.3 is 9.94 Å². The van der Waals surface area contributed by atoms with Gasteiger partial charge in [-0.25, -0.2) is 0 Å². The van der Waals surface area contributed by atoms with Gasteiger partial charge in [0.05, 0.1) is 5.71 Å². The van der Waals surface area contributed by atoms with Crippen LogP contribution >= 0.6 is 0 Å². The molecule has 0 atom stereocenters. The van der Waals surface area contributed by atoms with Crippen LogP contribution in [0.2, 0.25) is 0 Å². The molecule has 10 heavy (non-hydrogen) atoms. The number of oxime groups is 1. The summed E-state index contributed by atoms with van der Waals surface area (Å²) in [5.41, 5.74) is 0.796. The topological polar surface area (TPSA) is 41.8 Å². The van der Waals surface area contributed by atoms with Crippen molar-refractivity contribution in [1.82, 2.24) is 0 Å². The maximum absolute atomic E-state index is 8.44. The summed E-state index contributed by atoms with van der Waals surface area (Å²) in [5.74, 6) is 0. The highest BCUT2D eigenvalue weighted by atomic mass is 16.6. The number of aliphatic hydroxyl groups excluding tert-OH is 1. The van der Waals surface area contributed by atoms with Gasteiger partial charge in [0.1, 0.15) is 6.61 Å². The molecule has 0 unspecified atom stereocenters. The molecular formula is C7H13NO2. The van der Waals surface area contributed by atoms with Crippen LogP contribution in [0.4, 0.5) is 0 Å². The summed E-state index contributed by atoms with van der Waals surface area (Å²) in [6.45, 7) is 5.80. The third-order valence-electron chi connectivity index (χ3n) is 0.886. The quantitative estimate of drug-likeness (QED) is 0.269. The van der Waals surface area contributed by atoms with Crippen molar-refractivity contribution in [3.63, 3.8) is 0 Å². The lowest BCUT2D eigenvalue weighted by atomic mass is 10.3. The Morgan fingerprint density at radius 3 is 3.00 bits per heavy atom. The highest BCUT2D eigenvalue weighted by molar-refractivity contribution is 5.81. The number of hydrogen-bond acceptors (Lipinski definition) is 3. The standard InChI is InChI=1S/C7H13NO2/c1-3-6-10-8-7(2)4-5-9/h3,9H,1,4-6H2,2H3/b8-7+. The minimum Gasteiger partial charge on any atom is -0.396 e. The van der Waals surface area contributed by atoms with E-state index in [1.54, 1.807) is 13.0 Å². The van der Waals surface area contributed by atoms with Crippen LogP contribution in [-0.4, -0.2) is 24.0 Å². The van der Waals surface area contributed by atoms with Crippen molar-refractivity contribution in [2.24, 2.45) is 5.16 Å². The van der Waals surface area contributed by atoms with E-state index < -0.39 is 0 Å². The zero-order valence-corrected chi connectivity index (χ0v) is 6.21. The monoisotopic (exact) mass is 143 g/mol. The Labute approximate surface area is 61.0 Å². The first-order valence-corrected chi connectivity index (χ1v) is 3.18. The maximum Gasteiger partial charge on any atom is 0.135 e. The van der Waals surface area contributed by atoms with E-state index in [2.05, 4.69) is 11.7 Å². The SMILES string of the molecule is C=CCO/N=C(\C)CCO. The van der Waals surface area contributed by atoms with Crippen LogP contribution in [0.1, 0.15) is 13.3 Å². The molecule has 0 aromatic heterocycles. The van der Waals surface area contributed by atoms with Crippen LogP contribution in [0.5, 0.6) is 0 Å². The second-order valence-electron chi connectivity index (χ2n) is 1.88. The van der Waals surface area contributed by atoms with Crippen LogP contribution in [0.15, 0.2) is 17.8 Å². The first-order valence-electron chi connectivity index (χ1n) is 3.18. The van der Waals surface area contributed by atoms with Gasteiger partial charge in [-0.05, 0) is 6.92 Å². The van der Waals surface area contributed by atoms with Gasteiger partial charge in [0, 0.05) is 13.0 Å². The molecule has 0 saturated heterocycles. The Hall–Kier alpha value is -0.830. The lowest BCUT2D eigenvalue weighted by Crippen LogP contribution is -1.96. The lowest BCUT2D eigenvalue weighted by molar-refractivity contribution is 0.173. The summed E-state index contributed by atoms with van der Waals surface area (Å²) in [6, 6.07) is 0. The molecule has 0 fully saturated rings. The molecule has 0 aliphatic rings. The van der Waals surface area contributed by atoms with Crippen molar-refractivity contribution in [3.8, 4) is 0 Å². The van der Waals surface area contributed by atoms with Crippen molar-refractivity contribution < 1.29 is 9.94 Å². The van der Waals surface area contributed by atoms with Gasteiger partial charge in [-0.1, -0.05) is 17.8 Å². The molecule has 58 valence electrons. The first kappa shape index (κ1) is 9.17. The summed E-state index contributed by atoms with van der Waals surface area (Å²) in [4.78, 5) is 4.76. The van der Waals surface area contributed by atoms with Gasteiger partial charge in [-0.2, -0.15) is 0 Å². The van der Waals surface area contributed by atoms with Crippen molar-refractivity contribution in [3.05, 3.63) is 12.7 Å². The van der Waals surface area contributed by atoms with Crippen LogP contribution in [-0.2, 0) is 4.84 Å². The summed E-state index contributed by atoms with van der Waals surface area (Å²) in [5, 5.41) is 12.1. The van der Waals surface area contributed by atoms with Crippen molar-refractivity contribution >= 4 is 5.71 Å². The fraction of sp³-hybridized carbons (Fsp3) is 0.571. The number of rotatable bonds is 5.